The predicted octanol–water partition coefficient (Wildman–Crippen LogP) is 24.8. The molecule has 0 amide bonds. The Kier molecular flexibility index (Phi) is 36.5. The van der Waals surface area contributed by atoms with Crippen molar-refractivity contribution in [3.05, 3.63) is 386 Å². The van der Waals surface area contributed by atoms with E-state index in [1.807, 2.05) is 236 Å². The van der Waals surface area contributed by atoms with Gasteiger partial charge < -0.3 is 20.8 Å². The predicted molar refractivity (Wildman–Crippen MR) is 438 cm³/mol. The van der Waals surface area contributed by atoms with Gasteiger partial charge in [0.2, 0.25) is 0 Å². The summed E-state index contributed by atoms with van der Waals surface area (Å²) >= 11 is 0. The number of pyridine rings is 4. The van der Waals surface area contributed by atoms with E-state index in [0.717, 1.165) is 89.3 Å². The summed E-state index contributed by atoms with van der Waals surface area (Å²) in [5.74, 6) is 0.0415. The summed E-state index contributed by atoms with van der Waals surface area (Å²) in [6.45, 7) is 14.0. The molecule has 0 bridgehead atoms. The average molecular weight is 2160 g/mol. The van der Waals surface area contributed by atoms with E-state index in [1.165, 1.54) is 58.3 Å². The Bertz CT molecular complexity index is 5080. The third-order valence-corrected chi connectivity index (χ3v) is 16.1. The number of halogens is 1. The first kappa shape index (κ1) is 89.6. The van der Waals surface area contributed by atoms with Crippen LogP contribution in [0.1, 0.15) is 55.4 Å². The van der Waals surface area contributed by atoms with E-state index in [-0.39, 0.29) is 121 Å². The quantitative estimate of drug-likeness (QED) is 0.0947. The molecule has 3 radical (unpaired) electrons. The van der Waals surface area contributed by atoms with E-state index in [0.29, 0.717) is 0 Å². The number of aliphatic hydroxyl groups excluding tert-OH is 2. The van der Waals surface area contributed by atoms with Gasteiger partial charge >= 0.3 is 20.1 Å². The van der Waals surface area contributed by atoms with E-state index in [9.17, 15) is 14.7 Å². The normalized spacial score (nSPS) is 12.4. The SMILES string of the molecule is C1=C[N-]C(=C2C=CC=C[N-]2)C=C1.CC(=O)C=C(C)O.CC(C)(C)C(=O)C=C(O)C(C)(C)C.Cl.[Ir+3].[Ir].[Ir].[Ir].[c-]1cc2ccccc2cc1-c1ccc2ccccc2n1.[c-]1cc2ccccc2cc1-c1ccc2ccccc2n1.[c-]1ccccc1-c1ccc2ccccc2n1.[c-]1ccccc1-c1ccc2ccccc2n1. The molecule has 2 aliphatic heterocycles. The van der Waals surface area contributed by atoms with Gasteiger partial charge in [-0.3, -0.25) is 29.5 Å². The summed E-state index contributed by atoms with van der Waals surface area (Å²) in [7, 11) is 0. The van der Waals surface area contributed by atoms with Crippen LogP contribution in [0.5, 0.6) is 0 Å². The van der Waals surface area contributed by atoms with E-state index in [1.54, 1.807) is 12.4 Å². The molecule has 10 aromatic carbocycles. The van der Waals surface area contributed by atoms with Gasteiger partial charge in [0.05, 0.1) is 27.8 Å². The van der Waals surface area contributed by atoms with Crippen LogP contribution in [0.4, 0.5) is 0 Å². The molecule has 0 atom stereocenters. The molecule has 4 aromatic heterocycles. The minimum absolute atomic E-state index is 0. The van der Waals surface area contributed by atoms with Crippen molar-refractivity contribution in [1.82, 2.24) is 19.9 Å². The van der Waals surface area contributed by atoms with Crippen LogP contribution in [0.25, 0.3) is 121 Å². The molecule has 109 heavy (non-hydrogen) atoms. The van der Waals surface area contributed by atoms with E-state index >= 15 is 0 Å². The Morgan fingerprint density at radius 1 is 0.367 bits per heavy atom. The van der Waals surface area contributed by atoms with Crippen LogP contribution >= 0.6 is 12.4 Å². The third-order valence-electron chi connectivity index (χ3n) is 16.1. The van der Waals surface area contributed by atoms with Gasteiger partial charge in [-0.05, 0) is 82.4 Å². The van der Waals surface area contributed by atoms with Gasteiger partial charge in [-0.25, -0.2) is 0 Å². The van der Waals surface area contributed by atoms with Gasteiger partial charge in [0.25, 0.3) is 0 Å². The number of carbonyl (C=O) groups excluding carboxylic acids is 2. The number of rotatable bonds is 6. The molecule has 2 aliphatic rings. The Morgan fingerprint density at radius 2 is 0.679 bits per heavy atom. The second-order valence-electron chi connectivity index (χ2n) is 26.3. The Hall–Kier alpha value is -10.0. The van der Waals surface area contributed by atoms with Crippen LogP contribution in [0.3, 0.4) is 0 Å². The first-order valence-electron chi connectivity index (χ1n) is 34.2. The van der Waals surface area contributed by atoms with Crippen molar-refractivity contribution in [1.29, 1.82) is 0 Å². The van der Waals surface area contributed by atoms with Crippen molar-refractivity contribution in [2.24, 2.45) is 10.8 Å². The number of ketones is 2. The van der Waals surface area contributed by atoms with Crippen molar-refractivity contribution in [3.63, 3.8) is 0 Å². The van der Waals surface area contributed by atoms with Crippen molar-refractivity contribution in [2.75, 3.05) is 0 Å². The van der Waals surface area contributed by atoms with E-state index in [2.05, 4.69) is 154 Å². The molecule has 0 saturated carbocycles. The smallest absolute Gasteiger partial charge is 0.665 e. The summed E-state index contributed by atoms with van der Waals surface area (Å²) < 4.78 is 0. The molecular formula is C94H81ClIr4N6O4-3. The number of hydrogen-bond donors (Lipinski definition) is 2. The maximum absolute atomic E-state index is 11.5. The van der Waals surface area contributed by atoms with Crippen LogP contribution in [0.15, 0.2) is 351 Å². The van der Waals surface area contributed by atoms with Crippen LogP contribution in [-0.4, -0.2) is 41.7 Å². The molecule has 0 aliphatic carbocycles. The molecule has 10 nitrogen and oxygen atoms in total. The Morgan fingerprint density at radius 3 is 0.954 bits per heavy atom. The summed E-state index contributed by atoms with van der Waals surface area (Å²) in [5, 5.41) is 35.8. The summed E-state index contributed by atoms with van der Waals surface area (Å²) in [6, 6.07) is 103. The summed E-state index contributed by atoms with van der Waals surface area (Å²) in [5.41, 5.74) is 13.2. The molecule has 0 spiro atoms. The van der Waals surface area contributed by atoms with Gasteiger partial charge in [0.15, 0.2) is 11.6 Å². The number of allylic oxidation sites excluding steroid dienone is 10. The van der Waals surface area contributed by atoms with Gasteiger partial charge in [-0.2, -0.15) is 23.8 Å². The van der Waals surface area contributed by atoms with E-state index in [4.69, 9.17) is 15.1 Å². The van der Waals surface area contributed by atoms with Crippen molar-refractivity contribution in [2.45, 2.75) is 55.4 Å². The molecule has 0 fully saturated rings. The minimum atomic E-state index is -0.417. The topological polar surface area (TPSA) is 154 Å². The molecule has 2 N–H and O–H groups in total. The molecule has 0 unspecified atom stereocenters. The minimum Gasteiger partial charge on any atom is -0.665 e. The molecular weight excluding hydrogens is 2080 g/mol. The van der Waals surface area contributed by atoms with Crippen molar-refractivity contribution >= 4 is 89.1 Å². The summed E-state index contributed by atoms with van der Waals surface area (Å²) in [4.78, 5) is 40.2. The molecule has 6 heterocycles. The van der Waals surface area contributed by atoms with Crippen LogP contribution in [0.2, 0.25) is 0 Å². The zero-order chi connectivity index (χ0) is 73.3. The Balaban J connectivity index is 0.000000230. The maximum Gasteiger partial charge on any atom is 3.00 e. The van der Waals surface area contributed by atoms with Crippen molar-refractivity contribution in [3.8, 4) is 45.0 Å². The van der Waals surface area contributed by atoms with Gasteiger partial charge in [0.1, 0.15) is 5.76 Å². The molecule has 16 rings (SSSR count). The average Bonchev–Trinajstić information content (AvgIpc) is 0.448. The van der Waals surface area contributed by atoms with Crippen LogP contribution in [0, 0.1) is 35.1 Å². The fraction of sp³-hybridized carbons (Fsp3) is 0.106. The van der Waals surface area contributed by atoms with Gasteiger partial charge in [-0.15, -0.1) is 142 Å². The van der Waals surface area contributed by atoms with Gasteiger partial charge in [-0.1, -0.05) is 259 Å². The molecule has 14 aromatic rings. The van der Waals surface area contributed by atoms with E-state index < -0.39 is 5.41 Å². The number of hydrogen-bond acceptors (Lipinski definition) is 8. The monoisotopic (exact) mass is 2160 g/mol. The number of fused-ring (bicyclic) bond motifs is 6. The third kappa shape index (κ3) is 27.2. The Labute approximate surface area is 700 Å². The fourth-order valence-electron chi connectivity index (χ4n) is 10.4. The number of aromatic nitrogens is 4. The van der Waals surface area contributed by atoms with Gasteiger partial charge in [0, 0.05) is 83.3 Å². The largest absolute Gasteiger partial charge is 3.00 e. The number of carbonyl (C=O) groups is 2. The first-order valence-corrected chi connectivity index (χ1v) is 34.2. The zero-order valence-corrected chi connectivity index (χ0v) is 71.7. The number of benzene rings is 10. The maximum atomic E-state index is 11.5. The molecule has 557 valence electrons. The number of aliphatic hydroxyl groups is 2. The molecule has 15 heteroatoms. The first-order chi connectivity index (χ1) is 50.3. The standard InChI is InChI=1S/2C19H12N.2C15H10N.C11H20O2.C10H8N2.C5H8O2.ClH.4Ir/c2*1-2-7-16-13-17(10-9-14(16)5-1)19-12-11-15-6-3-4-8-18(15)20-19;2*1-2-6-12(7-3-1)15-11-10-13-8-4-5-9-14(13)16-15;1-10(2,3)8(12)7-9(13)11(4,5)6;1-3-7-11-9(5-1)10-6-2-4-8-12-10;1-4(6)3-5(2)7;;;;;/h2*1-9,11-13H;2*1-6,8-11H;7,12H,1-6H3;1-8H;3,6H,1-2H3;1H;;;;/q4*-1;;-2;;;;;;+3. The van der Waals surface area contributed by atoms with Crippen LogP contribution < -0.4 is 0 Å². The molecule has 0 saturated heterocycles. The number of nitrogens with zero attached hydrogens (tertiary/aromatic N) is 6. The second-order valence-corrected chi connectivity index (χ2v) is 26.3. The zero-order valence-electron chi connectivity index (χ0n) is 61.3. The summed E-state index contributed by atoms with van der Waals surface area (Å²) in [6.07, 6.45) is 17.6. The fourth-order valence-corrected chi connectivity index (χ4v) is 10.4. The van der Waals surface area contributed by atoms with Crippen molar-refractivity contribution < 1.29 is 100 Å². The van der Waals surface area contributed by atoms with Crippen LogP contribution in [-0.2, 0) is 90.0 Å². The number of para-hydroxylation sites is 4. The second kappa shape index (κ2) is 44.4.